The molecule has 5 aromatic carbocycles. The molecule has 0 atom stereocenters. The minimum atomic E-state index is 0.0891. The summed E-state index contributed by atoms with van der Waals surface area (Å²) in [4.78, 5) is 0. The Morgan fingerprint density at radius 1 is 0.548 bits per heavy atom. The summed E-state index contributed by atoms with van der Waals surface area (Å²) in [6, 6.07) is 33.7. The van der Waals surface area contributed by atoms with E-state index in [1.807, 2.05) is 11.3 Å². The monoisotopic (exact) mass is 416 g/mol. The van der Waals surface area contributed by atoms with Gasteiger partial charge < -0.3 is 0 Å². The van der Waals surface area contributed by atoms with E-state index in [4.69, 9.17) is 0 Å². The van der Waals surface area contributed by atoms with Crippen molar-refractivity contribution >= 4 is 53.1 Å². The standard InChI is InChI=1S/C30H24S/c1-30(2,3)20-17-26(29-24-14-8-9-15-27(24)31-28(29)18-20)25-16-19-10-4-5-11-21(19)22-12-6-7-13-23(22)25/h4-18H,1-3H3. The van der Waals surface area contributed by atoms with Crippen molar-refractivity contribution < 1.29 is 0 Å². The van der Waals surface area contributed by atoms with Crippen LogP contribution in [0.4, 0.5) is 0 Å². The smallest absolute Gasteiger partial charge is 0.0364 e. The molecule has 0 N–H and O–H groups in total. The maximum absolute atomic E-state index is 2.44. The normalized spacial score (nSPS) is 12.4. The van der Waals surface area contributed by atoms with E-state index in [9.17, 15) is 0 Å². The molecule has 1 heteroatoms. The Bertz CT molecular complexity index is 1610. The predicted molar refractivity (Wildman–Crippen MR) is 138 cm³/mol. The van der Waals surface area contributed by atoms with Crippen molar-refractivity contribution in [2.45, 2.75) is 26.2 Å². The van der Waals surface area contributed by atoms with Gasteiger partial charge in [-0.1, -0.05) is 87.5 Å². The van der Waals surface area contributed by atoms with Crippen molar-refractivity contribution in [1.29, 1.82) is 0 Å². The summed E-state index contributed by atoms with van der Waals surface area (Å²) in [5.74, 6) is 0. The molecule has 0 bridgehead atoms. The highest BCUT2D eigenvalue weighted by atomic mass is 32.1. The first-order valence-corrected chi connectivity index (χ1v) is 11.7. The first-order valence-electron chi connectivity index (χ1n) is 10.9. The molecule has 0 saturated carbocycles. The number of thiophene rings is 1. The van der Waals surface area contributed by atoms with E-state index in [1.54, 1.807) is 0 Å². The number of hydrogen-bond acceptors (Lipinski definition) is 1. The van der Waals surface area contributed by atoms with E-state index in [0.29, 0.717) is 0 Å². The van der Waals surface area contributed by atoms with E-state index >= 15 is 0 Å². The van der Waals surface area contributed by atoms with Crippen LogP contribution in [0.3, 0.4) is 0 Å². The largest absolute Gasteiger partial charge is 0.135 e. The third kappa shape index (κ3) is 2.88. The van der Waals surface area contributed by atoms with Gasteiger partial charge in [0.05, 0.1) is 0 Å². The third-order valence-electron chi connectivity index (χ3n) is 6.40. The van der Waals surface area contributed by atoms with Crippen LogP contribution in [-0.4, -0.2) is 0 Å². The molecular formula is C30H24S. The van der Waals surface area contributed by atoms with Gasteiger partial charge in [0.2, 0.25) is 0 Å². The summed E-state index contributed by atoms with van der Waals surface area (Å²) in [6.07, 6.45) is 0. The number of fused-ring (bicyclic) bond motifs is 6. The summed E-state index contributed by atoms with van der Waals surface area (Å²) in [6.45, 7) is 6.93. The van der Waals surface area contributed by atoms with Gasteiger partial charge in [0.1, 0.15) is 0 Å². The summed E-state index contributed by atoms with van der Waals surface area (Å²) >= 11 is 1.91. The molecule has 150 valence electrons. The van der Waals surface area contributed by atoms with Gasteiger partial charge in [0, 0.05) is 20.2 Å². The van der Waals surface area contributed by atoms with Gasteiger partial charge in [0.25, 0.3) is 0 Å². The zero-order valence-corrected chi connectivity index (χ0v) is 18.9. The highest BCUT2D eigenvalue weighted by molar-refractivity contribution is 7.26. The van der Waals surface area contributed by atoms with Gasteiger partial charge in [0.15, 0.2) is 0 Å². The van der Waals surface area contributed by atoms with Crippen LogP contribution in [0.5, 0.6) is 0 Å². The van der Waals surface area contributed by atoms with Crippen molar-refractivity contribution in [1.82, 2.24) is 0 Å². The predicted octanol–water partition coefficient (Wildman–Crippen LogP) is 9.33. The van der Waals surface area contributed by atoms with E-state index < -0.39 is 0 Å². The molecule has 6 rings (SSSR count). The Balaban J connectivity index is 1.84. The molecule has 0 spiro atoms. The zero-order valence-electron chi connectivity index (χ0n) is 18.1. The minimum absolute atomic E-state index is 0.0891. The van der Waals surface area contributed by atoms with Crippen LogP contribution in [0.1, 0.15) is 26.3 Å². The van der Waals surface area contributed by atoms with Gasteiger partial charge in [-0.2, -0.15) is 0 Å². The minimum Gasteiger partial charge on any atom is -0.135 e. The third-order valence-corrected chi connectivity index (χ3v) is 7.52. The molecular weight excluding hydrogens is 392 g/mol. The van der Waals surface area contributed by atoms with E-state index in [2.05, 4.69) is 112 Å². The molecule has 0 radical (unpaired) electrons. The summed E-state index contributed by atoms with van der Waals surface area (Å²) in [5, 5.41) is 8.00. The molecule has 31 heavy (non-hydrogen) atoms. The SMILES string of the molecule is CC(C)(C)c1cc(-c2cc3ccccc3c3ccccc23)c2c(c1)sc1ccccc12. The Kier molecular flexibility index (Phi) is 4.00. The van der Waals surface area contributed by atoms with Crippen LogP contribution < -0.4 is 0 Å². The van der Waals surface area contributed by atoms with Crippen molar-refractivity contribution in [3.05, 3.63) is 96.6 Å². The second-order valence-corrected chi connectivity index (χ2v) is 10.5. The van der Waals surface area contributed by atoms with Crippen molar-refractivity contribution in [3.63, 3.8) is 0 Å². The first kappa shape index (κ1) is 18.6. The molecule has 0 aliphatic carbocycles. The van der Waals surface area contributed by atoms with Crippen LogP contribution in [0.2, 0.25) is 0 Å². The summed E-state index contributed by atoms with van der Waals surface area (Å²) < 4.78 is 2.73. The zero-order chi connectivity index (χ0) is 21.2. The molecule has 0 amide bonds. The van der Waals surface area contributed by atoms with E-state index in [1.165, 1.54) is 58.4 Å². The Morgan fingerprint density at radius 2 is 1.19 bits per heavy atom. The van der Waals surface area contributed by atoms with Gasteiger partial charge in [-0.15, -0.1) is 11.3 Å². The van der Waals surface area contributed by atoms with Crippen LogP contribution >= 0.6 is 11.3 Å². The molecule has 0 nitrogen and oxygen atoms in total. The number of rotatable bonds is 1. The van der Waals surface area contributed by atoms with Crippen molar-refractivity contribution in [2.75, 3.05) is 0 Å². The van der Waals surface area contributed by atoms with Crippen LogP contribution in [0.25, 0.3) is 52.8 Å². The van der Waals surface area contributed by atoms with Gasteiger partial charge >= 0.3 is 0 Å². The van der Waals surface area contributed by atoms with Gasteiger partial charge in [-0.05, 0) is 67.9 Å². The van der Waals surface area contributed by atoms with Crippen LogP contribution in [-0.2, 0) is 5.41 Å². The highest BCUT2D eigenvalue weighted by Gasteiger charge is 2.20. The molecule has 0 unspecified atom stereocenters. The van der Waals surface area contributed by atoms with E-state index in [0.717, 1.165) is 0 Å². The second-order valence-electron chi connectivity index (χ2n) is 9.44. The molecule has 0 aliphatic heterocycles. The lowest BCUT2D eigenvalue weighted by Crippen LogP contribution is -2.10. The lowest BCUT2D eigenvalue weighted by Gasteiger charge is -2.21. The van der Waals surface area contributed by atoms with Crippen molar-refractivity contribution in [3.8, 4) is 11.1 Å². The van der Waals surface area contributed by atoms with E-state index in [-0.39, 0.29) is 5.41 Å². The fourth-order valence-corrected chi connectivity index (χ4v) is 5.95. The number of benzene rings is 5. The Hall–Kier alpha value is -3.16. The lowest BCUT2D eigenvalue weighted by molar-refractivity contribution is 0.591. The fraction of sp³-hybridized carbons (Fsp3) is 0.133. The maximum Gasteiger partial charge on any atom is 0.0364 e. The van der Waals surface area contributed by atoms with Crippen LogP contribution in [0.15, 0.2) is 91.0 Å². The number of hydrogen-bond donors (Lipinski definition) is 0. The maximum atomic E-state index is 2.44. The molecule has 1 aromatic heterocycles. The Morgan fingerprint density at radius 3 is 1.97 bits per heavy atom. The molecule has 6 aromatic rings. The quantitative estimate of drug-likeness (QED) is 0.234. The molecule has 1 heterocycles. The lowest BCUT2D eigenvalue weighted by atomic mass is 9.83. The van der Waals surface area contributed by atoms with Gasteiger partial charge in [-0.25, -0.2) is 0 Å². The summed E-state index contributed by atoms with van der Waals surface area (Å²) in [5.41, 5.74) is 4.15. The highest BCUT2D eigenvalue weighted by Crippen LogP contribution is 2.45. The molecule has 0 fully saturated rings. The van der Waals surface area contributed by atoms with Crippen LogP contribution in [0, 0.1) is 0 Å². The van der Waals surface area contributed by atoms with Gasteiger partial charge in [-0.3, -0.25) is 0 Å². The fourth-order valence-electron chi connectivity index (χ4n) is 4.78. The Labute approximate surface area is 186 Å². The molecule has 0 saturated heterocycles. The molecule has 0 aliphatic rings. The van der Waals surface area contributed by atoms with Crippen molar-refractivity contribution in [2.24, 2.45) is 0 Å². The average Bonchev–Trinajstić information content (AvgIpc) is 3.16. The second kappa shape index (κ2) is 6.67. The first-order chi connectivity index (χ1) is 15.0. The average molecular weight is 417 g/mol. The summed E-state index contributed by atoms with van der Waals surface area (Å²) in [7, 11) is 0. The topological polar surface area (TPSA) is 0 Å².